The number of carbonyl (C=O) groups is 2. The molecule has 0 amide bonds. The van der Waals surface area contributed by atoms with E-state index in [-0.39, 0.29) is 44.4 Å². The van der Waals surface area contributed by atoms with Crippen molar-refractivity contribution in [2.24, 2.45) is 5.92 Å². The first-order valence-corrected chi connectivity index (χ1v) is 7.59. The predicted molar refractivity (Wildman–Crippen MR) is 71.8 cm³/mol. The van der Waals surface area contributed by atoms with Crippen LogP contribution in [0.15, 0.2) is 30.3 Å². The Morgan fingerprint density at radius 1 is 1.37 bits per heavy atom. The summed E-state index contributed by atoms with van der Waals surface area (Å²) in [7, 11) is 1.32. The van der Waals surface area contributed by atoms with Crippen molar-refractivity contribution in [1.29, 1.82) is 5.26 Å². The molecule has 0 fully saturated rings. The van der Waals surface area contributed by atoms with Gasteiger partial charge in [0, 0.05) is 0 Å². The molecule has 0 aliphatic carbocycles. The number of esters is 1. The molecule has 19 heavy (non-hydrogen) atoms. The van der Waals surface area contributed by atoms with Gasteiger partial charge in [-0.05, 0) is 0 Å². The number of carbonyl (C=O) groups excluding carboxylic acids is 2. The van der Waals surface area contributed by atoms with Crippen LogP contribution < -0.4 is 4.46 Å². The van der Waals surface area contributed by atoms with Crippen molar-refractivity contribution in [3.8, 4) is 6.07 Å². The second kappa shape index (κ2) is 8.47. The van der Waals surface area contributed by atoms with Gasteiger partial charge in [-0.3, -0.25) is 0 Å². The van der Waals surface area contributed by atoms with Crippen LogP contribution >= 0.6 is 0 Å². The molecule has 0 aromatic heterocycles. The van der Waals surface area contributed by atoms with E-state index in [0.29, 0.717) is 6.42 Å². The van der Waals surface area contributed by atoms with E-state index in [1.165, 1.54) is 7.11 Å². The third-order valence-electron chi connectivity index (χ3n) is 2.56. The molecule has 0 N–H and O–H groups in total. The summed E-state index contributed by atoms with van der Waals surface area (Å²) in [6, 6.07) is 11.5. The summed E-state index contributed by atoms with van der Waals surface area (Å²) < 4.78 is 5.60. The van der Waals surface area contributed by atoms with Gasteiger partial charge in [-0.1, -0.05) is 0 Å². The quantitative estimate of drug-likeness (QED) is 0.555. The number of nitrogens with zero attached hydrogens (tertiary/aromatic N) is 1. The van der Waals surface area contributed by atoms with Gasteiger partial charge < -0.3 is 0 Å². The van der Waals surface area contributed by atoms with Crippen LogP contribution in [0.25, 0.3) is 0 Å². The third-order valence-corrected chi connectivity index (χ3v) is 4.74. The summed E-state index contributed by atoms with van der Waals surface area (Å²) in [5.41, 5.74) is 0. The maximum absolute atomic E-state index is 12.1. The summed E-state index contributed by atoms with van der Waals surface area (Å²) in [6.45, 7) is 0. The number of ether oxygens (including phenoxy) is 1. The average molecular weight is 324 g/mol. The second-order valence-electron chi connectivity index (χ2n) is 3.91. The molecule has 1 atom stereocenters. The van der Waals surface area contributed by atoms with Gasteiger partial charge in [0.15, 0.2) is 0 Å². The molecular weight excluding hydrogens is 309 g/mol. The Bertz CT molecular complexity index is 467. The molecule has 0 aliphatic rings. The van der Waals surface area contributed by atoms with Gasteiger partial charge in [0.1, 0.15) is 0 Å². The minimum atomic E-state index is -0.371. The fraction of sp³-hybridized carbons (Fsp3) is 0.357. The Labute approximate surface area is 118 Å². The Kier molecular flexibility index (Phi) is 6.88. The molecule has 1 aromatic carbocycles. The van der Waals surface area contributed by atoms with Crippen LogP contribution in [-0.2, 0) is 14.3 Å². The Hall–Kier alpha value is -1.63. The number of nitriles is 1. The molecule has 100 valence electrons. The molecule has 0 bridgehead atoms. The summed E-state index contributed by atoms with van der Waals surface area (Å²) in [4.78, 5) is 23.2. The fourth-order valence-corrected chi connectivity index (χ4v) is 3.37. The van der Waals surface area contributed by atoms with Crippen LogP contribution in [0.1, 0.15) is 19.3 Å². The van der Waals surface area contributed by atoms with Crippen LogP contribution in [0, 0.1) is 17.2 Å². The number of hydrogen-bond donors (Lipinski definition) is 0. The van der Waals surface area contributed by atoms with Crippen LogP contribution in [-0.4, -0.2) is 32.7 Å². The van der Waals surface area contributed by atoms with Gasteiger partial charge >= 0.3 is 118 Å². The van der Waals surface area contributed by atoms with Crippen molar-refractivity contribution >= 4 is 30.1 Å². The maximum atomic E-state index is 12.1. The molecule has 5 heteroatoms. The molecule has 1 rings (SSSR count). The molecule has 0 saturated carbocycles. The Balaban J connectivity index is 2.58. The number of hydrogen-bond acceptors (Lipinski definition) is 4. The summed E-state index contributed by atoms with van der Waals surface area (Å²) >= 11 is -0.307. The van der Waals surface area contributed by atoms with E-state index in [0.717, 1.165) is 4.46 Å². The molecular formula is C14H15NO3Se. The van der Waals surface area contributed by atoms with Crippen LogP contribution in [0.5, 0.6) is 0 Å². The molecule has 0 spiro atoms. The van der Waals surface area contributed by atoms with Crippen molar-refractivity contribution in [3.05, 3.63) is 30.3 Å². The normalized spacial score (nSPS) is 11.4. The SMILES string of the molecule is COC(=O)CCC(CC#N)C(=O)[Se]c1ccccc1. The van der Waals surface area contributed by atoms with E-state index in [4.69, 9.17) is 5.26 Å². The minimum absolute atomic E-state index is 0.0594. The summed E-state index contributed by atoms with van der Waals surface area (Å²) in [5, 5.41) is 8.76. The van der Waals surface area contributed by atoms with Crippen molar-refractivity contribution < 1.29 is 14.3 Å². The zero-order valence-corrected chi connectivity index (χ0v) is 12.4. The molecule has 1 aromatic rings. The van der Waals surface area contributed by atoms with E-state index >= 15 is 0 Å². The Morgan fingerprint density at radius 2 is 2.05 bits per heavy atom. The second-order valence-corrected chi connectivity index (χ2v) is 6.17. The zero-order valence-electron chi connectivity index (χ0n) is 10.7. The van der Waals surface area contributed by atoms with Crippen molar-refractivity contribution in [2.45, 2.75) is 19.3 Å². The van der Waals surface area contributed by atoms with Crippen molar-refractivity contribution in [1.82, 2.24) is 0 Å². The van der Waals surface area contributed by atoms with Crippen LogP contribution in [0.4, 0.5) is 0 Å². The summed E-state index contributed by atoms with van der Waals surface area (Å²) in [5.74, 6) is -0.716. The predicted octanol–water partition coefficient (Wildman–Crippen LogP) is 1.03. The molecule has 0 radical (unpaired) electrons. The van der Waals surface area contributed by atoms with E-state index in [1.54, 1.807) is 0 Å². The number of rotatable bonds is 7. The number of methoxy groups -OCH3 is 1. The van der Waals surface area contributed by atoms with Crippen LogP contribution in [0.3, 0.4) is 0 Å². The summed E-state index contributed by atoms with van der Waals surface area (Å²) in [6.07, 6.45) is 0.720. The molecule has 0 aliphatic heterocycles. The fourth-order valence-electron chi connectivity index (χ4n) is 1.50. The van der Waals surface area contributed by atoms with E-state index < -0.39 is 0 Å². The van der Waals surface area contributed by atoms with Crippen molar-refractivity contribution in [3.63, 3.8) is 0 Å². The zero-order chi connectivity index (χ0) is 14.1. The van der Waals surface area contributed by atoms with Gasteiger partial charge in [-0.15, -0.1) is 0 Å². The number of benzene rings is 1. The molecule has 0 heterocycles. The van der Waals surface area contributed by atoms with Gasteiger partial charge in [0.05, 0.1) is 0 Å². The van der Waals surface area contributed by atoms with E-state index in [2.05, 4.69) is 4.74 Å². The first-order chi connectivity index (χ1) is 9.17. The van der Waals surface area contributed by atoms with E-state index in [9.17, 15) is 9.59 Å². The van der Waals surface area contributed by atoms with Crippen LogP contribution in [0.2, 0.25) is 0 Å². The van der Waals surface area contributed by atoms with Gasteiger partial charge in [0.2, 0.25) is 0 Å². The van der Waals surface area contributed by atoms with Gasteiger partial charge in [-0.2, -0.15) is 0 Å². The van der Waals surface area contributed by atoms with Gasteiger partial charge in [-0.25, -0.2) is 0 Å². The Morgan fingerprint density at radius 3 is 2.63 bits per heavy atom. The monoisotopic (exact) mass is 325 g/mol. The molecule has 1 unspecified atom stereocenters. The molecule has 4 nitrogen and oxygen atoms in total. The third kappa shape index (κ3) is 5.69. The van der Waals surface area contributed by atoms with E-state index in [1.807, 2.05) is 36.4 Å². The average Bonchev–Trinajstić information content (AvgIpc) is 2.44. The first-order valence-electron chi connectivity index (χ1n) is 5.88. The molecule has 0 saturated heterocycles. The topological polar surface area (TPSA) is 67.2 Å². The first kappa shape index (κ1) is 15.4. The van der Waals surface area contributed by atoms with Crippen molar-refractivity contribution in [2.75, 3.05) is 7.11 Å². The standard InChI is InChI=1S/C14H15NO3Se/c1-18-13(16)8-7-11(9-10-15)14(17)19-12-5-3-2-4-6-12/h2-6,11H,7-9H2,1H3. The van der Waals surface area contributed by atoms with Gasteiger partial charge in [0.25, 0.3) is 0 Å².